The molecular weight excluding hydrogens is 319 g/mol. The van der Waals surface area contributed by atoms with Crippen LogP contribution in [-0.4, -0.2) is 19.1 Å². The lowest BCUT2D eigenvalue weighted by molar-refractivity contribution is -0.137. The van der Waals surface area contributed by atoms with Gasteiger partial charge in [0.2, 0.25) is 5.78 Å². The minimum Gasteiger partial charge on any atom is -0.382 e. The van der Waals surface area contributed by atoms with E-state index < -0.39 is 11.7 Å². The number of hydrogen-bond donors (Lipinski definition) is 1. The summed E-state index contributed by atoms with van der Waals surface area (Å²) < 4.78 is 38.4. The first kappa shape index (κ1) is 16.0. The number of Topliss-reactive ketones (excluding diaryl/α,β-unsaturated/α-hetero) is 1. The molecule has 1 aliphatic heterocycles. The van der Waals surface area contributed by atoms with E-state index in [1.165, 1.54) is 35.7 Å². The second-order valence-corrected chi connectivity index (χ2v) is 5.94. The number of carbonyl (C=O) groups excluding carboxylic acids is 1. The number of ketones is 1. The summed E-state index contributed by atoms with van der Waals surface area (Å²) in [6.07, 6.45) is -2.61. The van der Waals surface area contributed by atoms with Crippen molar-refractivity contribution in [1.82, 2.24) is 5.32 Å². The molecule has 2 nitrogen and oxygen atoms in total. The average Bonchev–Trinajstić information content (AvgIpc) is 2.75. The molecule has 0 unspecified atom stereocenters. The number of nitrogens with one attached hydrogen (secondary N) is 1. The van der Waals surface area contributed by atoms with Gasteiger partial charge < -0.3 is 5.32 Å². The topological polar surface area (TPSA) is 29.1 Å². The fourth-order valence-corrected chi connectivity index (χ4v) is 3.54. The smallest absolute Gasteiger partial charge is 0.382 e. The fraction of sp³-hybridized carbons (Fsp3) is 0.214. The third-order valence-corrected chi connectivity index (χ3v) is 4.58. The number of allylic oxidation sites excluding steroid dienone is 2. The first-order valence-electron chi connectivity index (χ1n) is 5.93. The molecule has 21 heavy (non-hydrogen) atoms. The minimum atomic E-state index is -4.43. The molecule has 0 fully saturated rings. The van der Waals surface area contributed by atoms with E-state index in [0.717, 1.165) is 12.1 Å². The molecule has 0 aromatic heterocycles. The van der Waals surface area contributed by atoms with Gasteiger partial charge in [0.05, 0.1) is 21.1 Å². The largest absolute Gasteiger partial charge is 0.416 e. The van der Waals surface area contributed by atoms with Gasteiger partial charge in [0.25, 0.3) is 0 Å². The summed E-state index contributed by atoms with van der Waals surface area (Å²) in [6.45, 7) is 0. The van der Waals surface area contributed by atoms with Crippen LogP contribution in [0, 0.1) is 0 Å². The summed E-state index contributed by atoms with van der Waals surface area (Å²) in [4.78, 5) is 12.9. The van der Waals surface area contributed by atoms with Gasteiger partial charge in [-0.25, -0.2) is 0 Å². The van der Waals surface area contributed by atoms with Crippen LogP contribution < -0.4 is 5.32 Å². The first-order valence-corrected chi connectivity index (χ1v) is 8.04. The number of hydrogen-bond acceptors (Lipinski definition) is 4. The predicted octanol–water partition coefficient (Wildman–Crippen LogP) is 4.11. The van der Waals surface area contributed by atoms with Gasteiger partial charge in [-0.3, -0.25) is 4.79 Å². The second-order valence-electron chi connectivity index (χ2n) is 4.18. The van der Waals surface area contributed by atoms with Crippen LogP contribution in [0.3, 0.4) is 0 Å². The van der Waals surface area contributed by atoms with Crippen LogP contribution in [0.15, 0.2) is 39.6 Å². The molecule has 0 saturated carbocycles. The summed E-state index contributed by atoms with van der Waals surface area (Å²) in [5.74, 6) is -0.252. The molecule has 0 atom stereocenters. The maximum absolute atomic E-state index is 12.8. The molecule has 0 spiro atoms. The number of rotatable bonds is 3. The van der Waals surface area contributed by atoms with Gasteiger partial charge in [0.1, 0.15) is 0 Å². The molecule has 0 amide bonds. The molecule has 1 N–H and O–H groups in total. The summed E-state index contributed by atoms with van der Waals surface area (Å²) in [5.41, 5.74) is -0.201. The first-order chi connectivity index (χ1) is 9.88. The third kappa shape index (κ3) is 3.29. The van der Waals surface area contributed by atoms with Crippen LogP contribution in [0.2, 0.25) is 0 Å². The predicted molar refractivity (Wildman–Crippen MR) is 81.6 cm³/mol. The Bertz CT molecular complexity index is 635. The summed E-state index contributed by atoms with van der Waals surface area (Å²) in [6, 6.07) is 4.83. The van der Waals surface area contributed by atoms with Crippen LogP contribution in [-0.2, 0) is 11.0 Å². The monoisotopic (exact) mass is 331 g/mol. The van der Waals surface area contributed by atoms with Crippen molar-refractivity contribution in [3.63, 3.8) is 0 Å². The number of alkyl halides is 3. The molecule has 1 heterocycles. The molecule has 1 aromatic rings. The Morgan fingerprint density at radius 3 is 2.62 bits per heavy atom. The van der Waals surface area contributed by atoms with Gasteiger partial charge in [-0.2, -0.15) is 13.2 Å². The normalized spacial score (nSPS) is 17.8. The molecule has 0 aliphatic carbocycles. The second kappa shape index (κ2) is 6.19. The third-order valence-electron chi connectivity index (χ3n) is 2.82. The van der Waals surface area contributed by atoms with E-state index in [9.17, 15) is 18.0 Å². The fourth-order valence-electron chi connectivity index (χ4n) is 1.91. The Kier molecular flexibility index (Phi) is 4.73. The molecular formula is C14H12F3NOS2. The number of halogens is 3. The van der Waals surface area contributed by atoms with Gasteiger partial charge in [0.15, 0.2) is 0 Å². The molecule has 1 aromatic carbocycles. The lowest BCUT2D eigenvalue weighted by Gasteiger charge is -2.09. The zero-order valence-corrected chi connectivity index (χ0v) is 12.9. The van der Waals surface area contributed by atoms with Crippen molar-refractivity contribution in [2.45, 2.75) is 6.18 Å². The van der Waals surface area contributed by atoms with Crippen LogP contribution in [0.1, 0.15) is 11.1 Å². The summed E-state index contributed by atoms with van der Waals surface area (Å²) >= 11 is 2.62. The lowest BCUT2D eigenvalue weighted by Crippen LogP contribution is -2.08. The minimum absolute atomic E-state index is 0.252. The molecule has 7 heteroatoms. The zero-order chi connectivity index (χ0) is 15.6. The highest BCUT2D eigenvalue weighted by Crippen LogP contribution is 2.42. The highest BCUT2D eigenvalue weighted by atomic mass is 32.2. The Balaban J connectivity index is 2.50. The van der Waals surface area contributed by atoms with Crippen LogP contribution >= 0.6 is 23.5 Å². The quantitative estimate of drug-likeness (QED) is 0.844. The number of carbonyl (C=O) groups is 1. The van der Waals surface area contributed by atoms with E-state index in [0.29, 0.717) is 9.93 Å². The molecule has 112 valence electrons. The molecule has 1 aliphatic rings. The Morgan fingerprint density at radius 2 is 2.05 bits per heavy atom. The molecule has 2 rings (SSSR count). The molecule has 0 saturated heterocycles. The van der Waals surface area contributed by atoms with Crippen LogP contribution in [0.4, 0.5) is 13.2 Å². The Morgan fingerprint density at radius 1 is 1.33 bits per heavy atom. The van der Waals surface area contributed by atoms with E-state index in [4.69, 9.17) is 0 Å². The number of thioether (sulfide) groups is 2. The summed E-state index contributed by atoms with van der Waals surface area (Å²) in [7, 11) is 1.64. The van der Waals surface area contributed by atoms with Crippen molar-refractivity contribution in [3.05, 3.63) is 50.7 Å². The molecule has 0 bridgehead atoms. The standard InChI is InChI=1S/C14H12F3NOS2/c1-18-13-11(12(19)10(21-13)7-20-2)8-4-3-5-9(6-8)14(15,16)17/h3-7,18H,1-2H3. The van der Waals surface area contributed by atoms with Gasteiger partial charge in [-0.05, 0) is 29.4 Å². The van der Waals surface area contributed by atoms with E-state index in [1.54, 1.807) is 12.5 Å². The summed E-state index contributed by atoms with van der Waals surface area (Å²) in [5, 5.41) is 5.15. The van der Waals surface area contributed by atoms with Gasteiger partial charge >= 0.3 is 6.18 Å². The van der Waals surface area contributed by atoms with Crippen LogP contribution in [0.25, 0.3) is 5.57 Å². The maximum atomic E-state index is 12.8. The SMILES string of the molecule is CNC1=C(c2cccc(C(F)(F)F)c2)C(=O)C(=CSC)S1. The molecule has 0 radical (unpaired) electrons. The van der Waals surface area contributed by atoms with Crippen molar-refractivity contribution in [2.75, 3.05) is 13.3 Å². The maximum Gasteiger partial charge on any atom is 0.416 e. The van der Waals surface area contributed by atoms with E-state index >= 15 is 0 Å². The van der Waals surface area contributed by atoms with Crippen molar-refractivity contribution < 1.29 is 18.0 Å². The van der Waals surface area contributed by atoms with E-state index in [-0.39, 0.29) is 16.9 Å². The van der Waals surface area contributed by atoms with Gasteiger partial charge in [-0.1, -0.05) is 23.9 Å². The van der Waals surface area contributed by atoms with Crippen molar-refractivity contribution in [1.29, 1.82) is 0 Å². The van der Waals surface area contributed by atoms with E-state index in [1.807, 2.05) is 6.26 Å². The number of benzene rings is 1. The van der Waals surface area contributed by atoms with Crippen molar-refractivity contribution >= 4 is 34.9 Å². The van der Waals surface area contributed by atoms with E-state index in [2.05, 4.69) is 5.32 Å². The zero-order valence-electron chi connectivity index (χ0n) is 11.2. The van der Waals surface area contributed by atoms with Crippen molar-refractivity contribution in [3.8, 4) is 0 Å². The Labute approximate surface area is 128 Å². The Hall–Kier alpha value is -1.34. The average molecular weight is 331 g/mol. The van der Waals surface area contributed by atoms with Crippen LogP contribution in [0.5, 0.6) is 0 Å². The van der Waals surface area contributed by atoms with Crippen molar-refractivity contribution in [2.24, 2.45) is 0 Å². The van der Waals surface area contributed by atoms with Gasteiger partial charge in [-0.15, -0.1) is 11.8 Å². The van der Waals surface area contributed by atoms with Gasteiger partial charge in [0, 0.05) is 7.05 Å². The highest BCUT2D eigenvalue weighted by Gasteiger charge is 2.33. The lowest BCUT2D eigenvalue weighted by atomic mass is 10.0. The highest BCUT2D eigenvalue weighted by molar-refractivity contribution is 8.10.